The third-order valence-electron chi connectivity index (χ3n) is 3.32. The maximum absolute atomic E-state index is 11.3. The second kappa shape index (κ2) is 5.38. The van der Waals surface area contributed by atoms with E-state index in [-0.39, 0.29) is 19.5 Å². The van der Waals surface area contributed by atoms with E-state index in [2.05, 4.69) is 0 Å². The number of aliphatic carboxylic acids is 1. The lowest BCUT2D eigenvalue weighted by molar-refractivity contribution is -0.142. The summed E-state index contributed by atoms with van der Waals surface area (Å²) in [6.07, 6.45) is -0.449. The Kier molecular flexibility index (Phi) is 3.82. The molecule has 1 aliphatic rings. The van der Waals surface area contributed by atoms with Crippen molar-refractivity contribution in [1.29, 1.82) is 0 Å². The van der Waals surface area contributed by atoms with Crippen molar-refractivity contribution >= 4 is 11.9 Å². The van der Waals surface area contributed by atoms with E-state index in [9.17, 15) is 14.7 Å². The maximum atomic E-state index is 11.3. The summed E-state index contributed by atoms with van der Waals surface area (Å²) >= 11 is 0. The molecule has 0 aromatic heterocycles. The van der Waals surface area contributed by atoms with Crippen molar-refractivity contribution in [1.82, 2.24) is 4.90 Å². The predicted octanol–water partition coefficient (Wildman–Crippen LogP) is -0.195. The van der Waals surface area contributed by atoms with Crippen LogP contribution >= 0.6 is 0 Å². The molecule has 0 bridgehead atoms. The minimum absolute atomic E-state index is 0.202. The summed E-state index contributed by atoms with van der Waals surface area (Å²) in [5, 5.41) is 18.7. The molecule has 2 rings (SSSR count). The molecule has 2 atom stereocenters. The molecule has 0 spiro atoms. The molecular formula is C13H16N2O4. The maximum Gasteiger partial charge on any atom is 0.321 e. The highest BCUT2D eigenvalue weighted by Gasteiger charge is 2.36. The van der Waals surface area contributed by atoms with Crippen molar-refractivity contribution in [2.45, 2.75) is 25.1 Å². The van der Waals surface area contributed by atoms with Gasteiger partial charge in [-0.3, -0.25) is 14.5 Å². The molecule has 4 N–H and O–H groups in total. The highest BCUT2D eigenvalue weighted by molar-refractivity contribution is 5.94. The van der Waals surface area contributed by atoms with Gasteiger partial charge >= 0.3 is 5.97 Å². The van der Waals surface area contributed by atoms with Crippen LogP contribution in [0.25, 0.3) is 0 Å². The van der Waals surface area contributed by atoms with E-state index in [1.54, 1.807) is 29.2 Å². The van der Waals surface area contributed by atoms with E-state index in [1.165, 1.54) is 0 Å². The number of primary amides is 1. The van der Waals surface area contributed by atoms with Gasteiger partial charge in [-0.2, -0.15) is 0 Å². The zero-order chi connectivity index (χ0) is 14.0. The zero-order valence-corrected chi connectivity index (χ0v) is 10.3. The lowest BCUT2D eigenvalue weighted by Gasteiger charge is -2.21. The van der Waals surface area contributed by atoms with Crippen LogP contribution in [0.2, 0.25) is 0 Å². The molecule has 1 aromatic rings. The number of carbonyl (C=O) groups excluding carboxylic acids is 1. The van der Waals surface area contributed by atoms with E-state index >= 15 is 0 Å². The number of nitrogens with two attached hydrogens (primary N) is 1. The molecule has 102 valence electrons. The average molecular weight is 264 g/mol. The first-order valence-corrected chi connectivity index (χ1v) is 6.01. The van der Waals surface area contributed by atoms with E-state index < -0.39 is 24.0 Å². The van der Waals surface area contributed by atoms with Gasteiger partial charge in [-0.25, -0.2) is 0 Å². The number of β-amino-alcohol motifs (C(OH)–C–C–N with tert-alkyl or cyclic N) is 1. The second-order valence-corrected chi connectivity index (χ2v) is 4.69. The summed E-state index contributed by atoms with van der Waals surface area (Å²) in [4.78, 5) is 24.1. The van der Waals surface area contributed by atoms with Crippen LogP contribution < -0.4 is 5.73 Å². The number of benzene rings is 1. The summed E-state index contributed by atoms with van der Waals surface area (Å²) in [6.45, 7) is 0.567. The number of likely N-dealkylation sites (tertiary alicyclic amines) is 1. The molecule has 6 nitrogen and oxygen atoms in total. The molecule has 1 aliphatic heterocycles. The highest BCUT2D eigenvalue weighted by Crippen LogP contribution is 2.22. The van der Waals surface area contributed by atoms with Crippen LogP contribution in [0.1, 0.15) is 22.3 Å². The Hall–Kier alpha value is -1.92. The van der Waals surface area contributed by atoms with Gasteiger partial charge in [-0.15, -0.1) is 0 Å². The number of carboxylic acids is 1. The molecular weight excluding hydrogens is 248 g/mol. The zero-order valence-electron chi connectivity index (χ0n) is 10.3. The molecule has 0 aliphatic carbocycles. The fourth-order valence-electron chi connectivity index (χ4n) is 2.43. The van der Waals surface area contributed by atoms with Crippen LogP contribution in [0.4, 0.5) is 0 Å². The molecule has 0 saturated carbocycles. The van der Waals surface area contributed by atoms with Crippen molar-refractivity contribution in [2.75, 3.05) is 6.54 Å². The first-order valence-electron chi connectivity index (χ1n) is 6.01. The largest absolute Gasteiger partial charge is 0.480 e. The lowest BCUT2D eigenvalue weighted by Crippen LogP contribution is -2.36. The monoisotopic (exact) mass is 264 g/mol. The van der Waals surface area contributed by atoms with Crippen LogP contribution in [-0.2, 0) is 11.3 Å². The average Bonchev–Trinajstić information content (AvgIpc) is 2.71. The van der Waals surface area contributed by atoms with Crippen LogP contribution in [0, 0.1) is 0 Å². The van der Waals surface area contributed by atoms with E-state index in [4.69, 9.17) is 10.8 Å². The Morgan fingerprint density at radius 2 is 2.05 bits per heavy atom. The fourth-order valence-corrected chi connectivity index (χ4v) is 2.43. The normalized spacial score (nSPS) is 23.4. The topological polar surface area (TPSA) is 104 Å². The number of carbonyl (C=O) groups is 2. The van der Waals surface area contributed by atoms with Crippen LogP contribution in [0.15, 0.2) is 24.3 Å². The molecule has 1 fully saturated rings. The van der Waals surface area contributed by atoms with E-state index in [0.29, 0.717) is 11.1 Å². The molecule has 1 amide bonds. The van der Waals surface area contributed by atoms with E-state index in [0.717, 1.165) is 0 Å². The first kappa shape index (κ1) is 13.5. The van der Waals surface area contributed by atoms with Gasteiger partial charge in [0.15, 0.2) is 0 Å². The number of nitrogens with zero attached hydrogens (tertiary/aromatic N) is 1. The number of amides is 1. The number of aliphatic hydroxyl groups excluding tert-OH is 1. The standard InChI is InChI=1S/C13H16N2O4/c14-12(17)10-4-2-1-3-8(10)6-15-7-9(16)5-11(15)13(18)19/h1-4,9,11,16H,5-7H2,(H2,14,17)(H,18,19). The Balaban J connectivity index is 2.21. The van der Waals surface area contributed by atoms with Crippen LogP contribution in [0.3, 0.4) is 0 Å². The fraction of sp³-hybridized carbons (Fsp3) is 0.385. The van der Waals surface area contributed by atoms with Crippen molar-refractivity contribution in [3.8, 4) is 0 Å². The van der Waals surface area contributed by atoms with Gasteiger partial charge in [0.2, 0.25) is 5.91 Å². The van der Waals surface area contributed by atoms with Crippen molar-refractivity contribution in [3.05, 3.63) is 35.4 Å². The quantitative estimate of drug-likeness (QED) is 0.699. The first-order chi connectivity index (χ1) is 8.99. The summed E-state index contributed by atoms with van der Waals surface area (Å²) < 4.78 is 0. The van der Waals surface area contributed by atoms with Gasteiger partial charge in [0.1, 0.15) is 6.04 Å². The third-order valence-corrected chi connectivity index (χ3v) is 3.32. The molecule has 19 heavy (non-hydrogen) atoms. The Bertz CT molecular complexity index is 503. The Labute approximate surface area is 110 Å². The van der Waals surface area contributed by atoms with Gasteiger partial charge in [-0.1, -0.05) is 18.2 Å². The van der Waals surface area contributed by atoms with E-state index in [1.807, 2.05) is 0 Å². The van der Waals surface area contributed by atoms with Crippen molar-refractivity contribution < 1.29 is 19.8 Å². The molecule has 1 heterocycles. The summed E-state index contributed by atoms with van der Waals surface area (Å²) in [5.74, 6) is -1.50. The minimum Gasteiger partial charge on any atom is -0.480 e. The van der Waals surface area contributed by atoms with Gasteiger partial charge < -0.3 is 15.9 Å². The summed E-state index contributed by atoms with van der Waals surface area (Å²) in [6, 6.07) is 6.10. The number of hydrogen-bond donors (Lipinski definition) is 3. The smallest absolute Gasteiger partial charge is 0.321 e. The van der Waals surface area contributed by atoms with Gasteiger partial charge in [0.05, 0.1) is 6.10 Å². The third kappa shape index (κ3) is 2.91. The molecule has 1 aromatic carbocycles. The molecule has 6 heteroatoms. The van der Waals surface area contributed by atoms with Gasteiger partial charge in [0, 0.05) is 25.1 Å². The molecule has 2 unspecified atom stereocenters. The minimum atomic E-state index is -0.965. The molecule has 0 radical (unpaired) electrons. The number of hydrogen-bond acceptors (Lipinski definition) is 4. The number of carboxylic acid groups (broad SMARTS) is 1. The highest BCUT2D eigenvalue weighted by atomic mass is 16.4. The number of rotatable bonds is 4. The van der Waals surface area contributed by atoms with Crippen molar-refractivity contribution in [2.24, 2.45) is 5.73 Å². The SMILES string of the molecule is NC(=O)c1ccccc1CN1CC(O)CC1C(=O)O. The summed E-state index contributed by atoms with van der Waals surface area (Å²) in [7, 11) is 0. The lowest BCUT2D eigenvalue weighted by atomic mass is 10.1. The second-order valence-electron chi connectivity index (χ2n) is 4.69. The van der Waals surface area contributed by atoms with Gasteiger partial charge in [0.25, 0.3) is 0 Å². The van der Waals surface area contributed by atoms with Crippen molar-refractivity contribution in [3.63, 3.8) is 0 Å². The Morgan fingerprint density at radius 3 is 2.68 bits per heavy atom. The van der Waals surface area contributed by atoms with Crippen LogP contribution in [-0.4, -0.2) is 45.7 Å². The predicted molar refractivity (Wildman–Crippen MR) is 67.4 cm³/mol. The van der Waals surface area contributed by atoms with Crippen LogP contribution in [0.5, 0.6) is 0 Å². The van der Waals surface area contributed by atoms with Gasteiger partial charge in [-0.05, 0) is 11.6 Å². The molecule has 1 saturated heterocycles. The Morgan fingerprint density at radius 1 is 1.37 bits per heavy atom. The number of aliphatic hydroxyl groups is 1. The summed E-state index contributed by atoms with van der Waals surface area (Å²) in [5.41, 5.74) is 6.35.